The number of sulfone groups is 1. The van der Waals surface area contributed by atoms with Crippen molar-refractivity contribution in [2.75, 3.05) is 11.1 Å². The zero-order valence-electron chi connectivity index (χ0n) is 12.0. The lowest BCUT2D eigenvalue weighted by atomic mass is 10.3. The molecule has 5 nitrogen and oxygen atoms in total. The summed E-state index contributed by atoms with van der Waals surface area (Å²) in [5.41, 5.74) is 5.68. The van der Waals surface area contributed by atoms with Crippen LogP contribution in [0.3, 0.4) is 0 Å². The van der Waals surface area contributed by atoms with Gasteiger partial charge in [0.2, 0.25) is 0 Å². The Kier molecular flexibility index (Phi) is 6.93. The van der Waals surface area contributed by atoms with Crippen molar-refractivity contribution < 1.29 is 8.42 Å². The fourth-order valence-corrected chi connectivity index (χ4v) is 3.36. The Morgan fingerprint density at radius 2 is 2.05 bits per heavy atom. The van der Waals surface area contributed by atoms with E-state index in [0.29, 0.717) is 12.1 Å². The van der Waals surface area contributed by atoms with Gasteiger partial charge in [-0.05, 0) is 36.2 Å². The number of allylic oxidation sites excluding steroid dienone is 2. The maximum atomic E-state index is 12.3. The Bertz CT molecular complexity index is 709. The molecule has 8 heteroatoms. The number of anilines is 1. The summed E-state index contributed by atoms with van der Waals surface area (Å²) in [7, 11) is -3.41. The molecular formula is C14H17Cl2N3O2S. The van der Waals surface area contributed by atoms with Crippen LogP contribution in [0.5, 0.6) is 0 Å². The quantitative estimate of drug-likeness (QED) is 0.337. The van der Waals surface area contributed by atoms with Gasteiger partial charge in [-0.1, -0.05) is 37.2 Å². The van der Waals surface area contributed by atoms with E-state index in [-0.39, 0.29) is 26.8 Å². The molecule has 0 radical (unpaired) electrons. The van der Waals surface area contributed by atoms with Gasteiger partial charge < -0.3 is 11.1 Å². The molecule has 0 atom stereocenters. The highest BCUT2D eigenvalue weighted by Crippen LogP contribution is 2.25. The first-order chi connectivity index (χ1) is 10.3. The lowest BCUT2D eigenvalue weighted by Crippen LogP contribution is -2.12. The number of hydrogen-bond acceptors (Lipinski definition) is 4. The number of nitrogens with two attached hydrogens (primary N) is 1. The van der Waals surface area contributed by atoms with Crippen LogP contribution in [-0.4, -0.2) is 19.5 Å². The van der Waals surface area contributed by atoms with Crippen molar-refractivity contribution >= 4 is 44.0 Å². The van der Waals surface area contributed by atoms with E-state index in [1.807, 2.05) is 0 Å². The van der Waals surface area contributed by atoms with Crippen molar-refractivity contribution in [2.45, 2.75) is 18.2 Å². The molecule has 0 aliphatic carbocycles. The van der Waals surface area contributed by atoms with Crippen molar-refractivity contribution in [2.24, 2.45) is 10.7 Å². The maximum absolute atomic E-state index is 12.3. The number of benzene rings is 1. The number of aliphatic imine (C=N–C) groups is 1. The standard InChI is InChI=1S/C14H17Cl2N3O2S/c1-3-9-22(20,21)12-8-6-5-7-11(12)18-13(10(15)4-2)19-14(16)17/h4-8,18H,2-3,9H2,1H3,(H2,17,19)/b13-10+. The number of nitrogens with zero attached hydrogens (tertiary/aromatic N) is 1. The summed E-state index contributed by atoms with van der Waals surface area (Å²) in [4.78, 5) is 4.00. The molecule has 0 spiro atoms. The molecule has 0 saturated heterocycles. The molecule has 0 aliphatic rings. The van der Waals surface area contributed by atoms with Crippen molar-refractivity contribution in [1.29, 1.82) is 0 Å². The lowest BCUT2D eigenvalue weighted by molar-refractivity contribution is 0.595. The molecule has 0 aliphatic heterocycles. The van der Waals surface area contributed by atoms with E-state index in [4.69, 9.17) is 28.9 Å². The molecule has 0 fully saturated rings. The molecular weight excluding hydrogens is 345 g/mol. The lowest BCUT2D eigenvalue weighted by Gasteiger charge is -2.13. The second-order valence-electron chi connectivity index (χ2n) is 4.28. The van der Waals surface area contributed by atoms with Crippen LogP contribution in [0.4, 0.5) is 5.69 Å². The third-order valence-corrected chi connectivity index (χ3v) is 4.96. The van der Waals surface area contributed by atoms with Crippen molar-refractivity contribution in [1.82, 2.24) is 0 Å². The van der Waals surface area contributed by atoms with Gasteiger partial charge in [0, 0.05) is 0 Å². The predicted molar refractivity (Wildman–Crippen MR) is 93.0 cm³/mol. The van der Waals surface area contributed by atoms with Crippen LogP contribution in [0, 0.1) is 0 Å². The van der Waals surface area contributed by atoms with Gasteiger partial charge in [-0.15, -0.1) is 0 Å². The topological polar surface area (TPSA) is 84.5 Å². The van der Waals surface area contributed by atoms with Gasteiger partial charge in [0.25, 0.3) is 0 Å². The van der Waals surface area contributed by atoms with Gasteiger partial charge in [-0.3, -0.25) is 0 Å². The monoisotopic (exact) mass is 361 g/mol. The van der Waals surface area contributed by atoms with E-state index in [9.17, 15) is 8.42 Å². The summed E-state index contributed by atoms with van der Waals surface area (Å²) in [5, 5.41) is 2.76. The highest BCUT2D eigenvalue weighted by molar-refractivity contribution is 7.91. The highest BCUT2D eigenvalue weighted by atomic mass is 35.5. The Labute approximate surface area is 140 Å². The van der Waals surface area contributed by atoms with E-state index >= 15 is 0 Å². The van der Waals surface area contributed by atoms with E-state index in [1.165, 1.54) is 12.1 Å². The minimum absolute atomic E-state index is 0.0425. The van der Waals surface area contributed by atoms with E-state index in [1.54, 1.807) is 25.1 Å². The van der Waals surface area contributed by atoms with E-state index < -0.39 is 9.84 Å². The van der Waals surface area contributed by atoms with Crippen LogP contribution in [0.15, 0.2) is 57.7 Å². The first kappa shape index (κ1) is 18.5. The van der Waals surface area contributed by atoms with Gasteiger partial charge in [-0.2, -0.15) is 0 Å². The molecule has 0 unspecified atom stereocenters. The van der Waals surface area contributed by atoms with Crippen LogP contribution < -0.4 is 11.1 Å². The molecule has 1 aromatic carbocycles. The normalized spacial score (nSPS) is 13.5. The zero-order chi connectivity index (χ0) is 16.8. The molecule has 1 rings (SSSR count). The van der Waals surface area contributed by atoms with Crippen molar-refractivity contribution in [3.8, 4) is 0 Å². The second kappa shape index (κ2) is 8.22. The number of amidine groups is 1. The van der Waals surface area contributed by atoms with Crippen LogP contribution in [0.25, 0.3) is 0 Å². The summed E-state index contributed by atoms with van der Waals surface area (Å²) in [6, 6.07) is 6.46. The SMILES string of the molecule is C=C/C(Cl)=C(\N=C(N)Cl)Nc1ccccc1S(=O)(=O)CCC. The molecule has 22 heavy (non-hydrogen) atoms. The smallest absolute Gasteiger partial charge is 0.195 e. The van der Waals surface area contributed by atoms with Crippen LogP contribution >= 0.6 is 23.2 Å². The maximum Gasteiger partial charge on any atom is 0.195 e. The Morgan fingerprint density at radius 1 is 1.41 bits per heavy atom. The van der Waals surface area contributed by atoms with Gasteiger partial charge in [-0.25, -0.2) is 13.4 Å². The van der Waals surface area contributed by atoms with E-state index in [2.05, 4.69) is 16.9 Å². The Balaban J connectivity index is 3.35. The summed E-state index contributed by atoms with van der Waals surface area (Å²) < 4.78 is 24.6. The van der Waals surface area contributed by atoms with Gasteiger partial charge >= 0.3 is 0 Å². The third kappa shape index (κ3) is 5.05. The van der Waals surface area contributed by atoms with Crippen LogP contribution in [0.2, 0.25) is 0 Å². The Hall–Kier alpha value is -1.50. The molecule has 1 aromatic rings. The van der Waals surface area contributed by atoms with Gasteiger partial charge in [0.15, 0.2) is 21.0 Å². The number of rotatable bonds is 7. The highest BCUT2D eigenvalue weighted by Gasteiger charge is 2.18. The molecule has 120 valence electrons. The largest absolute Gasteiger partial charge is 0.374 e. The first-order valence-corrected chi connectivity index (χ1v) is 8.83. The molecule has 0 heterocycles. The summed E-state index contributed by atoms with van der Waals surface area (Å²) >= 11 is 11.5. The van der Waals surface area contributed by atoms with Crippen molar-refractivity contribution in [3.05, 3.63) is 47.8 Å². The fourth-order valence-electron chi connectivity index (χ4n) is 1.69. The molecule has 0 saturated carbocycles. The third-order valence-electron chi connectivity index (χ3n) is 2.57. The second-order valence-corrected chi connectivity index (χ2v) is 7.15. The predicted octanol–water partition coefficient (Wildman–Crippen LogP) is 3.43. The fraction of sp³-hybridized carbons (Fsp3) is 0.214. The molecule has 0 bridgehead atoms. The minimum Gasteiger partial charge on any atom is -0.374 e. The molecule has 0 amide bonds. The minimum atomic E-state index is -3.41. The van der Waals surface area contributed by atoms with Gasteiger partial charge in [0.1, 0.15) is 0 Å². The zero-order valence-corrected chi connectivity index (χ0v) is 14.3. The number of nitrogens with one attached hydrogen (secondary N) is 1. The summed E-state index contributed by atoms with van der Waals surface area (Å²) in [6.07, 6.45) is 1.86. The Morgan fingerprint density at radius 3 is 2.59 bits per heavy atom. The summed E-state index contributed by atoms with van der Waals surface area (Å²) in [6.45, 7) is 5.33. The first-order valence-electron chi connectivity index (χ1n) is 6.42. The summed E-state index contributed by atoms with van der Waals surface area (Å²) in [5.74, 6) is 0.157. The average molecular weight is 362 g/mol. The van der Waals surface area contributed by atoms with Crippen molar-refractivity contribution in [3.63, 3.8) is 0 Å². The molecule has 0 aromatic heterocycles. The van der Waals surface area contributed by atoms with Gasteiger partial charge in [0.05, 0.1) is 21.4 Å². The molecule has 3 N–H and O–H groups in total. The van der Waals surface area contributed by atoms with Crippen LogP contribution in [-0.2, 0) is 9.84 Å². The van der Waals surface area contributed by atoms with Crippen LogP contribution in [0.1, 0.15) is 13.3 Å². The number of halogens is 2. The van der Waals surface area contributed by atoms with E-state index in [0.717, 1.165) is 0 Å². The number of para-hydroxylation sites is 1. The average Bonchev–Trinajstić information content (AvgIpc) is 2.45. The number of hydrogen-bond donors (Lipinski definition) is 2.